The molecule has 1 nitrogen and oxygen atoms in total. The molecule has 4 heteroatoms. The molecule has 0 bridgehead atoms. The molecule has 1 aromatic rings. The van der Waals surface area contributed by atoms with E-state index < -0.39 is 18.7 Å². The Bertz CT molecular complexity index is 295. The Morgan fingerprint density at radius 1 is 1.12 bits per heavy atom. The van der Waals surface area contributed by atoms with Crippen molar-refractivity contribution in [1.82, 2.24) is 0 Å². The summed E-state index contributed by atoms with van der Waals surface area (Å²) in [6.45, 7) is 0. The Morgan fingerprint density at radius 2 is 1.75 bits per heavy atom. The normalized spacial score (nSPS) is 13.8. The number of aryl methyl sites for hydroxylation is 1. The van der Waals surface area contributed by atoms with Crippen LogP contribution >= 0.6 is 0 Å². The van der Waals surface area contributed by atoms with Crippen LogP contribution in [0.5, 0.6) is 0 Å². The van der Waals surface area contributed by atoms with Crippen molar-refractivity contribution in [3.63, 3.8) is 0 Å². The van der Waals surface area contributed by atoms with Gasteiger partial charge in [-0.2, -0.15) is 13.2 Å². The van der Waals surface area contributed by atoms with Gasteiger partial charge in [0, 0.05) is 0 Å². The Kier molecular flexibility index (Phi) is 4.80. The standard InChI is InChI=1S/C12H15F3O/c13-12(14,15)9-11(16)8-4-7-10-5-2-1-3-6-10/h1-3,5-6,11,16H,4,7-9H2. The van der Waals surface area contributed by atoms with Crippen LogP contribution in [0.15, 0.2) is 30.3 Å². The summed E-state index contributed by atoms with van der Waals surface area (Å²) in [5, 5.41) is 9.14. The lowest BCUT2D eigenvalue weighted by atomic mass is 10.0. The van der Waals surface area contributed by atoms with Gasteiger partial charge in [0.15, 0.2) is 0 Å². The molecule has 1 unspecified atom stereocenters. The van der Waals surface area contributed by atoms with E-state index in [-0.39, 0.29) is 6.42 Å². The van der Waals surface area contributed by atoms with E-state index in [4.69, 9.17) is 5.11 Å². The molecule has 0 spiro atoms. The highest BCUT2D eigenvalue weighted by atomic mass is 19.4. The Labute approximate surface area is 92.9 Å². The largest absolute Gasteiger partial charge is 0.393 e. The quantitative estimate of drug-likeness (QED) is 0.825. The Morgan fingerprint density at radius 3 is 2.31 bits per heavy atom. The Balaban J connectivity index is 2.21. The second-order valence-electron chi connectivity index (χ2n) is 3.85. The smallest absolute Gasteiger partial charge is 0.391 e. The molecule has 0 amide bonds. The lowest BCUT2D eigenvalue weighted by Gasteiger charge is -2.12. The molecule has 90 valence electrons. The van der Waals surface area contributed by atoms with E-state index in [0.29, 0.717) is 12.8 Å². The van der Waals surface area contributed by atoms with Crippen molar-refractivity contribution in [2.24, 2.45) is 0 Å². The van der Waals surface area contributed by atoms with Gasteiger partial charge < -0.3 is 5.11 Å². The maximum atomic E-state index is 11.9. The summed E-state index contributed by atoms with van der Waals surface area (Å²) in [5.41, 5.74) is 1.08. The molecular weight excluding hydrogens is 217 g/mol. The fourth-order valence-electron chi connectivity index (χ4n) is 1.56. The maximum absolute atomic E-state index is 11.9. The summed E-state index contributed by atoms with van der Waals surface area (Å²) in [7, 11) is 0. The molecular formula is C12H15F3O. The van der Waals surface area contributed by atoms with E-state index in [1.54, 1.807) is 0 Å². The first-order valence-corrected chi connectivity index (χ1v) is 5.26. The van der Waals surface area contributed by atoms with Gasteiger partial charge in [-0.05, 0) is 24.8 Å². The molecule has 1 atom stereocenters. The number of benzene rings is 1. The first-order chi connectivity index (χ1) is 7.47. The predicted octanol–water partition coefficient (Wildman–Crippen LogP) is 3.32. The van der Waals surface area contributed by atoms with Gasteiger partial charge in [0.25, 0.3) is 0 Å². The average Bonchev–Trinajstić information content (AvgIpc) is 2.16. The zero-order chi connectivity index (χ0) is 12.0. The highest BCUT2D eigenvalue weighted by molar-refractivity contribution is 5.14. The number of aliphatic hydroxyl groups excluding tert-OH is 1. The molecule has 0 aromatic heterocycles. The fraction of sp³-hybridized carbons (Fsp3) is 0.500. The lowest BCUT2D eigenvalue weighted by molar-refractivity contribution is -0.154. The minimum Gasteiger partial charge on any atom is -0.393 e. The van der Waals surface area contributed by atoms with Crippen LogP contribution in [-0.4, -0.2) is 17.4 Å². The summed E-state index contributed by atoms with van der Waals surface area (Å²) >= 11 is 0. The molecule has 0 saturated carbocycles. The van der Waals surface area contributed by atoms with E-state index >= 15 is 0 Å². The van der Waals surface area contributed by atoms with Crippen molar-refractivity contribution in [3.8, 4) is 0 Å². The summed E-state index contributed by atoms with van der Waals surface area (Å²) in [5.74, 6) is 0. The molecule has 0 heterocycles. The van der Waals surface area contributed by atoms with Gasteiger partial charge in [-0.15, -0.1) is 0 Å². The van der Waals surface area contributed by atoms with Gasteiger partial charge in [-0.25, -0.2) is 0 Å². The number of alkyl halides is 3. The molecule has 0 radical (unpaired) electrons. The van der Waals surface area contributed by atoms with Gasteiger partial charge in [0.05, 0.1) is 12.5 Å². The van der Waals surface area contributed by atoms with Crippen LogP contribution in [0.2, 0.25) is 0 Å². The predicted molar refractivity (Wildman–Crippen MR) is 56.1 cm³/mol. The van der Waals surface area contributed by atoms with Crippen molar-refractivity contribution in [2.75, 3.05) is 0 Å². The third-order valence-electron chi connectivity index (χ3n) is 2.31. The minimum absolute atomic E-state index is 0.189. The molecule has 0 fully saturated rings. The monoisotopic (exact) mass is 232 g/mol. The van der Waals surface area contributed by atoms with Crippen LogP contribution in [0.3, 0.4) is 0 Å². The third-order valence-corrected chi connectivity index (χ3v) is 2.31. The highest BCUT2D eigenvalue weighted by Crippen LogP contribution is 2.23. The number of rotatable bonds is 5. The topological polar surface area (TPSA) is 20.2 Å². The second-order valence-corrected chi connectivity index (χ2v) is 3.85. The SMILES string of the molecule is OC(CCCc1ccccc1)CC(F)(F)F. The van der Waals surface area contributed by atoms with Crippen molar-refractivity contribution >= 4 is 0 Å². The molecule has 1 N–H and O–H groups in total. The van der Waals surface area contributed by atoms with Crippen molar-refractivity contribution in [2.45, 2.75) is 38.0 Å². The van der Waals surface area contributed by atoms with Crippen LogP contribution < -0.4 is 0 Å². The van der Waals surface area contributed by atoms with E-state index in [2.05, 4.69) is 0 Å². The third kappa shape index (κ3) is 5.75. The van der Waals surface area contributed by atoms with Gasteiger partial charge in [-0.1, -0.05) is 30.3 Å². The van der Waals surface area contributed by atoms with Gasteiger partial charge in [0.1, 0.15) is 0 Å². The first-order valence-electron chi connectivity index (χ1n) is 5.26. The van der Waals surface area contributed by atoms with Gasteiger partial charge >= 0.3 is 6.18 Å². The van der Waals surface area contributed by atoms with Crippen molar-refractivity contribution < 1.29 is 18.3 Å². The lowest BCUT2D eigenvalue weighted by Crippen LogP contribution is -2.19. The number of hydrogen-bond donors (Lipinski definition) is 1. The van der Waals surface area contributed by atoms with Crippen molar-refractivity contribution in [3.05, 3.63) is 35.9 Å². The Hall–Kier alpha value is -1.03. The average molecular weight is 232 g/mol. The molecule has 1 rings (SSSR count). The molecule has 1 aromatic carbocycles. The minimum atomic E-state index is -4.27. The van der Waals surface area contributed by atoms with Crippen LogP contribution in [0.25, 0.3) is 0 Å². The first kappa shape index (κ1) is 13.0. The highest BCUT2D eigenvalue weighted by Gasteiger charge is 2.30. The zero-order valence-corrected chi connectivity index (χ0v) is 8.87. The zero-order valence-electron chi connectivity index (χ0n) is 8.87. The summed E-state index contributed by atoms with van der Waals surface area (Å²) in [6, 6.07) is 9.53. The molecule has 0 saturated heterocycles. The maximum Gasteiger partial charge on any atom is 0.391 e. The molecule has 0 aliphatic heterocycles. The van der Waals surface area contributed by atoms with E-state index in [9.17, 15) is 13.2 Å². The number of hydrogen-bond acceptors (Lipinski definition) is 1. The van der Waals surface area contributed by atoms with Crippen LogP contribution in [-0.2, 0) is 6.42 Å². The summed E-state index contributed by atoms with van der Waals surface area (Å²) < 4.78 is 35.7. The van der Waals surface area contributed by atoms with E-state index in [1.807, 2.05) is 30.3 Å². The second kappa shape index (κ2) is 5.89. The van der Waals surface area contributed by atoms with Crippen molar-refractivity contribution in [1.29, 1.82) is 0 Å². The molecule has 0 aliphatic carbocycles. The molecule has 0 aliphatic rings. The molecule has 16 heavy (non-hydrogen) atoms. The van der Waals surface area contributed by atoms with E-state index in [0.717, 1.165) is 5.56 Å². The van der Waals surface area contributed by atoms with Gasteiger partial charge in [-0.3, -0.25) is 0 Å². The summed E-state index contributed by atoms with van der Waals surface area (Å²) in [6.07, 6.45) is -5.19. The van der Waals surface area contributed by atoms with Crippen LogP contribution in [0, 0.1) is 0 Å². The van der Waals surface area contributed by atoms with E-state index in [1.165, 1.54) is 0 Å². The fourth-order valence-corrected chi connectivity index (χ4v) is 1.56. The van der Waals surface area contributed by atoms with Crippen LogP contribution in [0.1, 0.15) is 24.8 Å². The van der Waals surface area contributed by atoms with Gasteiger partial charge in [0.2, 0.25) is 0 Å². The number of halogens is 3. The number of aliphatic hydroxyl groups is 1. The summed E-state index contributed by atoms with van der Waals surface area (Å²) in [4.78, 5) is 0. The van der Waals surface area contributed by atoms with Crippen LogP contribution in [0.4, 0.5) is 13.2 Å².